The van der Waals surface area contributed by atoms with Gasteiger partial charge < -0.3 is 9.47 Å². The van der Waals surface area contributed by atoms with Crippen molar-refractivity contribution in [1.82, 2.24) is 4.90 Å². The van der Waals surface area contributed by atoms with E-state index in [1.54, 1.807) is 0 Å². The number of hydrogen-bond donors (Lipinski definition) is 0. The lowest BCUT2D eigenvalue weighted by Gasteiger charge is -2.38. The number of piperidine rings is 1. The number of ether oxygens (including phenoxy) is 2. The Morgan fingerprint density at radius 3 is 1.78 bits per heavy atom. The highest BCUT2D eigenvalue weighted by Crippen LogP contribution is 2.40. The van der Waals surface area contributed by atoms with E-state index >= 15 is 0 Å². The third kappa shape index (κ3) is 1.71. The van der Waals surface area contributed by atoms with Crippen molar-refractivity contribution in [2.45, 2.75) is 24.9 Å². The minimum Gasteiger partial charge on any atom is -0.468 e. The fourth-order valence-corrected chi connectivity index (χ4v) is 3.17. The Morgan fingerprint density at radius 2 is 1.44 bits per heavy atom. The van der Waals surface area contributed by atoms with E-state index in [0.29, 0.717) is 0 Å². The zero-order valence-electron chi connectivity index (χ0n) is 10.7. The molecule has 0 aromatic heterocycles. The monoisotopic (exact) mass is 255 g/mol. The average Bonchev–Trinajstić information content (AvgIpc) is 2.64. The number of hydrogen-bond acceptors (Lipinski definition) is 6. The van der Waals surface area contributed by atoms with Crippen molar-refractivity contribution in [2.24, 2.45) is 11.8 Å². The number of esters is 2. The molecule has 0 unspecified atom stereocenters. The van der Waals surface area contributed by atoms with E-state index in [0.717, 1.165) is 12.8 Å². The first kappa shape index (κ1) is 13.0. The van der Waals surface area contributed by atoms with Crippen LogP contribution in [0.5, 0.6) is 0 Å². The second-order valence-corrected chi connectivity index (χ2v) is 4.78. The summed E-state index contributed by atoms with van der Waals surface area (Å²) in [6, 6.07) is -0.313. The van der Waals surface area contributed by atoms with Gasteiger partial charge in [0.05, 0.1) is 14.2 Å². The highest BCUT2D eigenvalue weighted by atomic mass is 16.5. The van der Waals surface area contributed by atoms with E-state index < -0.39 is 23.8 Å². The third-order valence-corrected chi connectivity index (χ3v) is 4.10. The van der Waals surface area contributed by atoms with Gasteiger partial charge in [-0.15, -0.1) is 0 Å². The SMILES string of the molecule is COC(=O)[C@H]1C(=O)[C@H](C(=O)OC)[C@@H]2CC[C@@H]1N2C. The van der Waals surface area contributed by atoms with Gasteiger partial charge in [0.1, 0.15) is 11.8 Å². The van der Waals surface area contributed by atoms with Gasteiger partial charge in [0, 0.05) is 12.1 Å². The molecule has 0 aromatic carbocycles. The molecule has 2 rings (SSSR count). The largest absolute Gasteiger partial charge is 0.468 e. The molecule has 2 saturated heterocycles. The summed E-state index contributed by atoms with van der Waals surface area (Å²) in [5, 5.41) is 0. The molecule has 2 aliphatic heterocycles. The van der Waals surface area contributed by atoms with Crippen molar-refractivity contribution in [1.29, 1.82) is 0 Å². The molecule has 2 bridgehead atoms. The van der Waals surface area contributed by atoms with E-state index in [9.17, 15) is 14.4 Å². The van der Waals surface area contributed by atoms with Gasteiger partial charge in [-0.3, -0.25) is 19.3 Å². The number of carbonyl (C=O) groups excluding carboxylic acids is 3. The first-order valence-electron chi connectivity index (χ1n) is 5.94. The predicted octanol–water partition coefficient (Wildman–Crippen LogP) is -0.390. The molecule has 0 radical (unpaired) electrons. The van der Waals surface area contributed by atoms with Crippen LogP contribution in [-0.4, -0.2) is 56.0 Å². The summed E-state index contributed by atoms with van der Waals surface area (Å²) in [7, 11) is 4.34. The quantitative estimate of drug-likeness (QED) is 0.494. The van der Waals surface area contributed by atoms with Crippen molar-refractivity contribution >= 4 is 17.7 Å². The van der Waals surface area contributed by atoms with Crippen LogP contribution >= 0.6 is 0 Å². The summed E-state index contributed by atoms with van der Waals surface area (Å²) in [5.41, 5.74) is 0. The Hall–Kier alpha value is -1.43. The van der Waals surface area contributed by atoms with E-state index in [-0.39, 0.29) is 17.9 Å². The van der Waals surface area contributed by atoms with Crippen LogP contribution in [0.3, 0.4) is 0 Å². The van der Waals surface area contributed by atoms with Crippen LogP contribution in [0.4, 0.5) is 0 Å². The van der Waals surface area contributed by atoms with Crippen molar-refractivity contribution < 1.29 is 23.9 Å². The van der Waals surface area contributed by atoms with Gasteiger partial charge in [0.15, 0.2) is 5.78 Å². The summed E-state index contributed by atoms with van der Waals surface area (Å²) < 4.78 is 9.36. The number of methoxy groups -OCH3 is 2. The normalized spacial score (nSPS) is 35.4. The molecule has 0 aliphatic carbocycles. The molecular formula is C12H17NO5. The van der Waals surface area contributed by atoms with Crippen LogP contribution in [0.1, 0.15) is 12.8 Å². The molecule has 4 atom stereocenters. The molecule has 0 aromatic rings. The number of ketones is 1. The Kier molecular flexibility index (Phi) is 3.38. The van der Waals surface area contributed by atoms with Gasteiger partial charge >= 0.3 is 11.9 Å². The number of carbonyl (C=O) groups is 3. The maximum Gasteiger partial charge on any atom is 0.317 e. The summed E-state index contributed by atoms with van der Waals surface area (Å²) in [6.45, 7) is 0. The predicted molar refractivity (Wildman–Crippen MR) is 60.6 cm³/mol. The lowest BCUT2D eigenvalue weighted by Crippen LogP contribution is -2.57. The van der Waals surface area contributed by atoms with E-state index in [4.69, 9.17) is 0 Å². The number of nitrogens with zero attached hydrogens (tertiary/aromatic N) is 1. The molecule has 0 saturated carbocycles. The fourth-order valence-electron chi connectivity index (χ4n) is 3.17. The minimum atomic E-state index is -0.872. The lowest BCUT2D eigenvalue weighted by molar-refractivity contribution is -0.163. The molecule has 6 heteroatoms. The molecule has 2 heterocycles. The molecule has 2 fully saturated rings. The van der Waals surface area contributed by atoms with Crippen molar-refractivity contribution in [3.8, 4) is 0 Å². The highest BCUT2D eigenvalue weighted by molar-refractivity contribution is 6.10. The second-order valence-electron chi connectivity index (χ2n) is 4.78. The van der Waals surface area contributed by atoms with Crippen molar-refractivity contribution in [3.63, 3.8) is 0 Å². The van der Waals surface area contributed by atoms with Crippen LogP contribution in [-0.2, 0) is 23.9 Å². The van der Waals surface area contributed by atoms with Gasteiger partial charge in [0.25, 0.3) is 0 Å². The maximum absolute atomic E-state index is 12.3. The molecule has 6 nitrogen and oxygen atoms in total. The van der Waals surface area contributed by atoms with Crippen molar-refractivity contribution in [2.75, 3.05) is 21.3 Å². The van der Waals surface area contributed by atoms with Crippen LogP contribution < -0.4 is 0 Å². The summed E-state index contributed by atoms with van der Waals surface area (Å²) in [5.74, 6) is -3.23. The van der Waals surface area contributed by atoms with E-state index in [1.807, 2.05) is 11.9 Å². The average molecular weight is 255 g/mol. The van der Waals surface area contributed by atoms with Gasteiger partial charge in [-0.25, -0.2) is 0 Å². The van der Waals surface area contributed by atoms with E-state index in [2.05, 4.69) is 9.47 Å². The lowest BCUT2D eigenvalue weighted by atomic mass is 9.81. The van der Waals surface area contributed by atoms with Gasteiger partial charge in [0.2, 0.25) is 0 Å². The van der Waals surface area contributed by atoms with Crippen LogP contribution in [0.15, 0.2) is 0 Å². The Balaban J connectivity index is 2.36. The molecule has 0 amide bonds. The van der Waals surface area contributed by atoms with Gasteiger partial charge in [-0.2, -0.15) is 0 Å². The first-order chi connectivity index (χ1) is 8.52. The molecule has 100 valence electrons. The minimum absolute atomic E-state index is 0.157. The highest BCUT2D eigenvalue weighted by Gasteiger charge is 2.56. The summed E-state index contributed by atoms with van der Waals surface area (Å²) in [6.07, 6.45) is 1.44. The Labute approximate surface area is 105 Å². The van der Waals surface area contributed by atoms with Gasteiger partial charge in [-0.05, 0) is 19.9 Å². The zero-order valence-corrected chi connectivity index (χ0v) is 10.7. The van der Waals surface area contributed by atoms with E-state index in [1.165, 1.54) is 14.2 Å². The molecule has 18 heavy (non-hydrogen) atoms. The number of Topliss-reactive ketones (excluding diaryl/α,β-unsaturated/α-hetero) is 1. The molecular weight excluding hydrogens is 238 g/mol. The standard InChI is InChI=1S/C12H17NO5/c1-13-6-4-5-7(13)9(12(16)18-3)10(14)8(6)11(15)17-2/h6-9H,4-5H2,1-3H3/t6-,7-,8+,9+/m0/s1. The molecule has 0 N–H and O–H groups in total. The van der Waals surface area contributed by atoms with Crippen molar-refractivity contribution in [3.05, 3.63) is 0 Å². The van der Waals surface area contributed by atoms with Crippen LogP contribution in [0.2, 0.25) is 0 Å². The Bertz CT molecular complexity index is 360. The molecule has 2 aliphatic rings. The zero-order chi connectivity index (χ0) is 13.4. The van der Waals surface area contributed by atoms with Gasteiger partial charge in [-0.1, -0.05) is 0 Å². The first-order valence-corrected chi connectivity index (χ1v) is 5.94. The maximum atomic E-state index is 12.3. The third-order valence-electron chi connectivity index (χ3n) is 4.10. The van der Waals surface area contributed by atoms with Crippen LogP contribution in [0, 0.1) is 11.8 Å². The fraction of sp³-hybridized carbons (Fsp3) is 0.750. The topological polar surface area (TPSA) is 72.9 Å². The molecule has 0 spiro atoms. The summed E-state index contributed by atoms with van der Waals surface area (Å²) >= 11 is 0. The number of rotatable bonds is 2. The second kappa shape index (κ2) is 4.68. The number of fused-ring (bicyclic) bond motifs is 2. The smallest absolute Gasteiger partial charge is 0.317 e. The van der Waals surface area contributed by atoms with Crippen LogP contribution in [0.25, 0.3) is 0 Å². The summed E-state index contributed by atoms with van der Waals surface area (Å²) in [4.78, 5) is 37.7. The Morgan fingerprint density at radius 1 is 1.06 bits per heavy atom.